The van der Waals surface area contributed by atoms with Crippen LogP contribution in [-0.2, 0) is 4.74 Å². The van der Waals surface area contributed by atoms with E-state index in [1.165, 1.54) is 11.3 Å². The average molecular weight is 288 g/mol. The van der Waals surface area contributed by atoms with Gasteiger partial charge in [-0.25, -0.2) is 4.98 Å². The Morgan fingerprint density at radius 1 is 1.20 bits per heavy atom. The van der Waals surface area contributed by atoms with Gasteiger partial charge in [-0.05, 0) is 6.42 Å². The molecule has 1 aliphatic rings. The Bertz CT molecular complexity index is 575. The number of carbonyl (C=O) groups is 1. The SMILES string of the molecule is O=C(c1csc(-c2ccccc2)n1)N1CCCOCC1. The largest absolute Gasteiger partial charge is 0.380 e. The zero-order valence-electron chi connectivity index (χ0n) is 11.1. The number of aromatic nitrogens is 1. The summed E-state index contributed by atoms with van der Waals surface area (Å²) in [4.78, 5) is 18.7. The lowest BCUT2D eigenvalue weighted by atomic mass is 10.2. The third kappa shape index (κ3) is 2.89. The van der Waals surface area contributed by atoms with Crippen molar-refractivity contribution in [3.05, 3.63) is 41.4 Å². The second-order valence-corrected chi connectivity index (χ2v) is 5.52. The van der Waals surface area contributed by atoms with Gasteiger partial charge in [-0.1, -0.05) is 30.3 Å². The topological polar surface area (TPSA) is 42.4 Å². The molecule has 0 spiro atoms. The van der Waals surface area contributed by atoms with Gasteiger partial charge in [-0.15, -0.1) is 11.3 Å². The third-order valence-corrected chi connectivity index (χ3v) is 4.14. The molecule has 0 radical (unpaired) electrons. The van der Waals surface area contributed by atoms with E-state index < -0.39 is 0 Å². The molecule has 104 valence electrons. The number of carbonyl (C=O) groups excluding carboxylic acids is 1. The first-order valence-electron chi connectivity index (χ1n) is 6.72. The van der Waals surface area contributed by atoms with Crippen molar-refractivity contribution in [3.8, 4) is 10.6 Å². The lowest BCUT2D eigenvalue weighted by Crippen LogP contribution is -2.33. The normalized spacial score (nSPS) is 15.9. The van der Waals surface area contributed by atoms with Crippen molar-refractivity contribution in [3.63, 3.8) is 0 Å². The Labute approximate surface area is 122 Å². The monoisotopic (exact) mass is 288 g/mol. The molecule has 1 aromatic heterocycles. The summed E-state index contributed by atoms with van der Waals surface area (Å²) in [7, 11) is 0. The standard InChI is InChI=1S/C15H16N2O2S/c18-15(17-7-4-9-19-10-8-17)13-11-20-14(16-13)12-5-2-1-3-6-12/h1-3,5-6,11H,4,7-10H2. The molecule has 0 bridgehead atoms. The van der Waals surface area contributed by atoms with Gasteiger partial charge >= 0.3 is 0 Å². The number of thiazole rings is 1. The minimum atomic E-state index is 0.00827. The second kappa shape index (κ2) is 6.15. The Morgan fingerprint density at radius 2 is 2.05 bits per heavy atom. The molecule has 0 aliphatic carbocycles. The van der Waals surface area contributed by atoms with Crippen LogP contribution in [0.3, 0.4) is 0 Å². The molecule has 0 saturated carbocycles. The first kappa shape index (κ1) is 13.3. The van der Waals surface area contributed by atoms with Crippen LogP contribution in [0.5, 0.6) is 0 Å². The minimum absolute atomic E-state index is 0.00827. The molecule has 20 heavy (non-hydrogen) atoms. The number of hydrogen-bond acceptors (Lipinski definition) is 4. The van der Waals surface area contributed by atoms with Crippen LogP contribution in [0.2, 0.25) is 0 Å². The van der Waals surface area contributed by atoms with Gasteiger partial charge in [0.1, 0.15) is 10.7 Å². The molecule has 1 aliphatic heterocycles. The molecule has 0 unspecified atom stereocenters. The fraction of sp³-hybridized carbons (Fsp3) is 0.333. The molecule has 1 aromatic carbocycles. The van der Waals surface area contributed by atoms with Crippen molar-refractivity contribution in [1.29, 1.82) is 0 Å². The predicted molar refractivity (Wildman–Crippen MR) is 78.9 cm³/mol. The van der Waals surface area contributed by atoms with Crippen LogP contribution >= 0.6 is 11.3 Å². The molecule has 0 atom stereocenters. The van der Waals surface area contributed by atoms with Gasteiger partial charge in [0.15, 0.2) is 0 Å². The van der Waals surface area contributed by atoms with E-state index in [0.29, 0.717) is 18.8 Å². The Kier molecular flexibility index (Phi) is 4.08. The fourth-order valence-corrected chi connectivity index (χ4v) is 3.00. The number of ether oxygens (including phenoxy) is 1. The Hall–Kier alpha value is -1.72. The van der Waals surface area contributed by atoms with Crippen LogP contribution in [0.15, 0.2) is 35.7 Å². The smallest absolute Gasteiger partial charge is 0.273 e. The summed E-state index contributed by atoms with van der Waals surface area (Å²) in [5.41, 5.74) is 1.59. The third-order valence-electron chi connectivity index (χ3n) is 3.25. The van der Waals surface area contributed by atoms with Gasteiger partial charge in [0, 0.05) is 30.6 Å². The molecule has 5 heteroatoms. The number of rotatable bonds is 2. The van der Waals surface area contributed by atoms with Crippen LogP contribution < -0.4 is 0 Å². The van der Waals surface area contributed by atoms with E-state index in [-0.39, 0.29) is 5.91 Å². The minimum Gasteiger partial charge on any atom is -0.380 e. The molecule has 0 N–H and O–H groups in total. The predicted octanol–water partition coefficient (Wildman–Crippen LogP) is 2.67. The van der Waals surface area contributed by atoms with Crippen molar-refractivity contribution in [2.75, 3.05) is 26.3 Å². The van der Waals surface area contributed by atoms with E-state index >= 15 is 0 Å². The van der Waals surface area contributed by atoms with Crippen molar-refractivity contribution in [1.82, 2.24) is 9.88 Å². The highest BCUT2D eigenvalue weighted by Crippen LogP contribution is 2.24. The number of nitrogens with zero attached hydrogens (tertiary/aromatic N) is 2. The Morgan fingerprint density at radius 3 is 2.90 bits per heavy atom. The highest BCUT2D eigenvalue weighted by atomic mass is 32.1. The highest BCUT2D eigenvalue weighted by molar-refractivity contribution is 7.13. The van der Waals surface area contributed by atoms with Crippen LogP contribution in [0.25, 0.3) is 10.6 Å². The average Bonchev–Trinajstić information content (AvgIpc) is 2.83. The van der Waals surface area contributed by atoms with Gasteiger partial charge in [0.05, 0.1) is 6.61 Å². The van der Waals surface area contributed by atoms with Crippen LogP contribution in [0.4, 0.5) is 0 Å². The lowest BCUT2D eigenvalue weighted by molar-refractivity contribution is 0.0736. The fourth-order valence-electron chi connectivity index (χ4n) is 2.20. The summed E-state index contributed by atoms with van der Waals surface area (Å²) in [5.74, 6) is 0.00827. The van der Waals surface area contributed by atoms with Gasteiger partial charge < -0.3 is 9.64 Å². The second-order valence-electron chi connectivity index (χ2n) is 4.66. The molecular weight excluding hydrogens is 272 g/mol. The van der Waals surface area contributed by atoms with E-state index in [2.05, 4.69) is 4.98 Å². The van der Waals surface area contributed by atoms with Crippen molar-refractivity contribution in [2.45, 2.75) is 6.42 Å². The first-order valence-corrected chi connectivity index (χ1v) is 7.60. The van der Waals surface area contributed by atoms with Gasteiger partial charge in [0.25, 0.3) is 5.91 Å². The number of benzene rings is 1. The molecule has 3 rings (SSSR count). The first-order chi connectivity index (χ1) is 9.84. The van der Waals surface area contributed by atoms with E-state index in [1.807, 2.05) is 40.6 Å². The van der Waals surface area contributed by atoms with Crippen LogP contribution in [0, 0.1) is 0 Å². The Balaban J connectivity index is 1.77. The summed E-state index contributed by atoms with van der Waals surface area (Å²) >= 11 is 1.51. The van der Waals surface area contributed by atoms with Gasteiger partial charge in [-0.3, -0.25) is 4.79 Å². The van der Waals surface area contributed by atoms with Gasteiger partial charge in [-0.2, -0.15) is 0 Å². The van der Waals surface area contributed by atoms with Crippen molar-refractivity contribution >= 4 is 17.2 Å². The van der Waals surface area contributed by atoms with Gasteiger partial charge in [0.2, 0.25) is 0 Å². The lowest BCUT2D eigenvalue weighted by Gasteiger charge is -2.17. The number of amides is 1. The van der Waals surface area contributed by atoms with E-state index in [4.69, 9.17) is 4.74 Å². The highest BCUT2D eigenvalue weighted by Gasteiger charge is 2.20. The van der Waals surface area contributed by atoms with E-state index in [1.54, 1.807) is 0 Å². The molecule has 4 nitrogen and oxygen atoms in total. The summed E-state index contributed by atoms with van der Waals surface area (Å²) in [6, 6.07) is 9.94. The molecule has 1 amide bonds. The summed E-state index contributed by atoms with van der Waals surface area (Å²) < 4.78 is 5.37. The maximum absolute atomic E-state index is 12.4. The van der Waals surface area contributed by atoms with Crippen molar-refractivity contribution < 1.29 is 9.53 Å². The number of hydrogen-bond donors (Lipinski definition) is 0. The maximum atomic E-state index is 12.4. The van der Waals surface area contributed by atoms with Crippen molar-refractivity contribution in [2.24, 2.45) is 0 Å². The molecule has 2 heterocycles. The van der Waals surface area contributed by atoms with E-state index in [0.717, 1.165) is 30.1 Å². The zero-order chi connectivity index (χ0) is 13.8. The zero-order valence-corrected chi connectivity index (χ0v) is 11.9. The summed E-state index contributed by atoms with van der Waals surface area (Å²) in [5, 5.41) is 2.73. The molecule has 2 aromatic rings. The quantitative estimate of drug-likeness (QED) is 0.853. The van der Waals surface area contributed by atoms with E-state index in [9.17, 15) is 4.79 Å². The summed E-state index contributed by atoms with van der Waals surface area (Å²) in [6.45, 7) is 2.74. The molecule has 1 fully saturated rings. The molecular formula is C15H16N2O2S. The maximum Gasteiger partial charge on any atom is 0.273 e. The van der Waals surface area contributed by atoms with Crippen LogP contribution in [0.1, 0.15) is 16.9 Å². The van der Waals surface area contributed by atoms with Crippen LogP contribution in [-0.4, -0.2) is 42.1 Å². The molecule has 1 saturated heterocycles. The summed E-state index contributed by atoms with van der Waals surface area (Å²) in [6.07, 6.45) is 0.890.